The Morgan fingerprint density at radius 1 is 0.431 bits per heavy atom. The van der Waals surface area contributed by atoms with E-state index in [0.29, 0.717) is 47.0 Å². The number of thiocarbonyl (C=S) groups is 1. The molecule has 0 saturated heterocycles. The number of ether oxygens (including phenoxy) is 2. The van der Waals surface area contributed by atoms with Crippen LogP contribution in [0, 0.1) is 0 Å². The highest BCUT2D eigenvalue weighted by molar-refractivity contribution is 8.31. The second-order valence-electron chi connectivity index (χ2n) is 24.4. The van der Waals surface area contributed by atoms with Gasteiger partial charge in [0.25, 0.3) is 18.3 Å². The van der Waals surface area contributed by atoms with Crippen LogP contribution < -0.4 is 53.2 Å². The molecule has 5 N–H and O–H groups in total. The Bertz CT molecular complexity index is 6250. The van der Waals surface area contributed by atoms with Crippen LogP contribution in [0.4, 0.5) is 5.69 Å². The first-order valence-corrected chi connectivity index (χ1v) is 41.8. The van der Waals surface area contributed by atoms with Gasteiger partial charge in [-0.2, -0.15) is 13.4 Å². The number of hydroxylamine groups is 2. The lowest BCUT2D eigenvalue weighted by Crippen LogP contribution is -2.28. The van der Waals surface area contributed by atoms with Crippen molar-refractivity contribution < 1.29 is 62.2 Å². The number of halogens is 2. The summed E-state index contributed by atoms with van der Waals surface area (Å²) >= 11 is 7.64. The molecule has 14 rings (SSSR count). The first-order chi connectivity index (χ1) is 59.1. The van der Waals surface area contributed by atoms with E-state index < -0.39 is 54.8 Å². The zero-order valence-electron chi connectivity index (χ0n) is 63.7. The van der Waals surface area contributed by atoms with E-state index in [-0.39, 0.29) is 69.0 Å². The Hall–Kier alpha value is -14.2. The van der Waals surface area contributed by atoms with Crippen LogP contribution in [-0.4, -0.2) is 107 Å². The average Bonchev–Trinajstić information content (AvgIpc) is 1.67. The van der Waals surface area contributed by atoms with Gasteiger partial charge in [-0.05, 0) is 155 Å². The topological polar surface area (TPSA) is 440 Å². The summed E-state index contributed by atoms with van der Waals surface area (Å²) in [6.07, 6.45) is 1.43. The van der Waals surface area contributed by atoms with Crippen molar-refractivity contribution >= 4 is 135 Å². The van der Waals surface area contributed by atoms with Gasteiger partial charge in [-0.1, -0.05) is 164 Å². The number of aliphatic imine (C=N–C) groups is 2. The molecule has 4 aromatic heterocycles. The summed E-state index contributed by atoms with van der Waals surface area (Å²) in [5.74, 6) is -2.80. The van der Waals surface area contributed by atoms with Gasteiger partial charge in [0.2, 0.25) is 6.08 Å². The van der Waals surface area contributed by atoms with Gasteiger partial charge in [-0.3, -0.25) is 44.0 Å². The van der Waals surface area contributed by atoms with Crippen molar-refractivity contribution in [1.82, 2.24) is 45.1 Å². The van der Waals surface area contributed by atoms with Crippen LogP contribution in [0.15, 0.2) is 321 Å². The third kappa shape index (κ3) is 28.8. The minimum atomic E-state index is -3.72. The number of esters is 1. The molecule has 630 valence electrons. The van der Waals surface area contributed by atoms with E-state index in [0.717, 1.165) is 87.6 Å². The van der Waals surface area contributed by atoms with Crippen LogP contribution in [0.25, 0.3) is 22.7 Å². The third-order valence-corrected chi connectivity index (χ3v) is 20.1. The standard InChI is InChI=1S/C17H14N2O4S.2C16H13N3O4S.C16H12N2O4S.C9H7NO3.C8H7NS.Cl2O2S/c1-23-15(20)13-7-9-14(10-8-13)19-16(21)18(17(22)24-19)11-12-5-3-2-4-6-12;2*20-14(17-23)12-6-8-13(9-7-12)19-15(21)18(16(22)24-19)10-11-4-2-1-3-5-11;19-14(20)12-6-8-13(9-7-12)18-15(21)17(16(22)23-18)10-11-4-2-1-3-5-11;11-6-10-9-3-1-8(2-4-9)5-13-7-12;10-7-9-6-8-4-2-1-3-5-8;1-5(2,3)4/h2-10H,11H2,1H3;2*1-9,23H,10H2,(H,17,20);1-9H,10H2,(H,19,20);1-4,7H,5H2;1-5H,6H2;. The Morgan fingerprint density at radius 3 is 0.959 bits per heavy atom. The largest absolute Gasteiger partial charge is 0.478 e. The molecule has 33 nitrogen and oxygen atoms in total. The number of nitrogens with one attached hydrogen (secondary N) is 2. The second kappa shape index (κ2) is 47.6. The summed E-state index contributed by atoms with van der Waals surface area (Å²) in [6, 6.07) is 77.8. The molecule has 0 bridgehead atoms. The molecule has 0 fully saturated rings. The van der Waals surface area contributed by atoms with Crippen LogP contribution in [-0.2, 0) is 66.7 Å². The normalized spacial score (nSPS) is 10.2. The minimum Gasteiger partial charge on any atom is -0.478 e. The number of carbonyl (C=O) groups is 5. The van der Waals surface area contributed by atoms with E-state index >= 15 is 0 Å². The number of isocyanates is 1. The maximum Gasteiger partial charge on any atom is 0.346 e. The first-order valence-electron chi connectivity index (χ1n) is 35.2. The number of benzene rings is 10. The van der Waals surface area contributed by atoms with E-state index in [4.69, 9.17) is 23.9 Å². The maximum absolute atomic E-state index is 12.5. The van der Waals surface area contributed by atoms with Crippen LogP contribution in [0.1, 0.15) is 74.8 Å². The molecule has 0 unspecified atom stereocenters. The van der Waals surface area contributed by atoms with Crippen LogP contribution in [0.5, 0.6) is 0 Å². The molecule has 123 heavy (non-hydrogen) atoms. The summed E-state index contributed by atoms with van der Waals surface area (Å²) in [7, 11) is 6.12. The van der Waals surface area contributed by atoms with E-state index in [1.165, 1.54) is 123 Å². The molecule has 4 heterocycles. The van der Waals surface area contributed by atoms with E-state index in [9.17, 15) is 67.1 Å². The number of aromatic nitrogens is 8. The van der Waals surface area contributed by atoms with Gasteiger partial charge in [0, 0.05) is 78.6 Å². The Morgan fingerprint density at radius 2 is 0.707 bits per heavy atom. The van der Waals surface area contributed by atoms with Crippen molar-refractivity contribution in [3.05, 3.63) is 409 Å². The lowest BCUT2D eigenvalue weighted by molar-refractivity contribution is -0.129. The van der Waals surface area contributed by atoms with Crippen molar-refractivity contribution in [2.45, 2.75) is 39.3 Å². The highest BCUT2D eigenvalue weighted by Gasteiger charge is 2.19. The van der Waals surface area contributed by atoms with E-state index in [2.05, 4.69) is 58.2 Å². The number of carbonyl (C=O) groups excluding carboxylic acids is 5. The lowest BCUT2D eigenvalue weighted by Gasteiger charge is -2.03. The van der Waals surface area contributed by atoms with Gasteiger partial charge in [-0.25, -0.2) is 83.6 Å². The van der Waals surface area contributed by atoms with Crippen LogP contribution >= 0.6 is 79.7 Å². The summed E-state index contributed by atoms with van der Waals surface area (Å²) in [5.41, 5.74) is 10.3. The van der Waals surface area contributed by atoms with Crippen LogP contribution in [0.2, 0.25) is 0 Å². The fourth-order valence-corrected chi connectivity index (χ4v) is 13.7. The summed E-state index contributed by atoms with van der Waals surface area (Å²) < 4.78 is 37.3. The van der Waals surface area contributed by atoms with Gasteiger partial charge in [-0.15, -0.1) is 0 Å². The zero-order valence-corrected chi connectivity index (χ0v) is 70.1. The zero-order chi connectivity index (χ0) is 89.0. The molecular formula is C82H66Cl2N12O21S6. The molecule has 0 saturated carbocycles. The van der Waals surface area contributed by atoms with Gasteiger partial charge < -0.3 is 14.6 Å². The molecule has 41 heteroatoms. The minimum absolute atomic E-state index is 0.123. The molecule has 0 radical (unpaired) electrons. The van der Waals surface area contributed by atoms with Gasteiger partial charge >= 0.3 is 62.5 Å². The summed E-state index contributed by atoms with van der Waals surface area (Å²) in [6.45, 7) is 2.09. The van der Waals surface area contributed by atoms with Crippen LogP contribution in [0.3, 0.4) is 0 Å². The fraction of sp³-hybridized carbons (Fsp3) is 0.0854. The monoisotopic (exact) mass is 1820 g/mol. The average molecular weight is 1820 g/mol. The number of isothiocyanates is 1. The molecule has 0 atom stereocenters. The van der Waals surface area contributed by atoms with Gasteiger partial charge in [0.1, 0.15) is 6.61 Å². The summed E-state index contributed by atoms with van der Waals surface area (Å²) in [4.78, 5) is 169. The quantitative estimate of drug-likeness (QED) is 0.00615. The smallest absolute Gasteiger partial charge is 0.346 e. The Labute approximate surface area is 725 Å². The van der Waals surface area contributed by atoms with Gasteiger partial charge in [0.05, 0.1) is 84.6 Å². The van der Waals surface area contributed by atoms with Crippen molar-refractivity contribution in [3.8, 4) is 22.7 Å². The number of hydrogen-bond acceptors (Lipinski definition) is 27. The molecule has 2 amide bonds. The van der Waals surface area contributed by atoms with E-state index in [1.807, 2.05) is 152 Å². The SMILES string of the molecule is COC(=O)c1ccc(-n2sc(=O)n(Cc3ccccc3)c2=O)cc1.O=C(NO)c1ccc(-n2sc(=O)n(Cc3ccccc3)c2=O)cc1.O=C(NO)c1ccc(-n2sc(=O)n(Cc3ccccc3)c2=O)cc1.O=C(O)c1ccc(-n2sc(=O)n(Cc3ccccc3)c2=O)cc1.O=C=Nc1ccc(COC=O)cc1.O=S(=O)(Cl)Cl.S=C=NCc1ccccc1. The molecule has 0 aliphatic rings. The van der Waals surface area contributed by atoms with Crippen molar-refractivity contribution in [2.24, 2.45) is 9.98 Å². The molecule has 0 spiro atoms. The van der Waals surface area contributed by atoms with Crippen molar-refractivity contribution in [3.63, 3.8) is 0 Å². The molecule has 10 aromatic carbocycles. The number of aromatic carboxylic acids is 1. The molecule has 0 aliphatic heterocycles. The number of carboxylic acid groups (broad SMARTS) is 1. The first kappa shape index (κ1) is 94.3. The highest BCUT2D eigenvalue weighted by Crippen LogP contribution is 2.17. The third-order valence-electron chi connectivity index (χ3n) is 16.3. The predicted octanol–water partition coefficient (Wildman–Crippen LogP) is 10.5. The van der Waals surface area contributed by atoms with Gasteiger partial charge in [0.15, 0.2) is 0 Å². The Balaban J connectivity index is 0.000000185. The second-order valence-corrected chi connectivity index (χ2v) is 31.9. The van der Waals surface area contributed by atoms with Crippen molar-refractivity contribution in [2.75, 3.05) is 7.11 Å². The number of hydrogen-bond donors (Lipinski definition) is 5. The number of nitrogens with zero attached hydrogens (tertiary/aromatic N) is 10. The maximum atomic E-state index is 12.5. The fourth-order valence-electron chi connectivity index (χ4n) is 10.4. The molecule has 14 aromatic rings. The Kier molecular flexibility index (Phi) is 36.5. The molecule has 0 aliphatic carbocycles. The van der Waals surface area contributed by atoms with Crippen molar-refractivity contribution in [1.29, 1.82) is 0 Å². The number of amides is 2. The predicted molar refractivity (Wildman–Crippen MR) is 467 cm³/mol. The number of methoxy groups -OCH3 is 1. The number of carboxylic acids is 1. The lowest BCUT2D eigenvalue weighted by atomic mass is 10.2. The highest BCUT2D eigenvalue weighted by atomic mass is 36.0. The molecular weight excluding hydrogens is 1750 g/mol. The summed E-state index contributed by atoms with van der Waals surface area (Å²) in [5, 5.41) is 28.4. The number of rotatable bonds is 22. The van der Waals surface area contributed by atoms with E-state index in [1.54, 1.807) is 48.5 Å².